The minimum Gasteiger partial charge on any atom is -0.462 e. The second-order valence-electron chi connectivity index (χ2n) is 6.33. The van der Waals surface area contributed by atoms with E-state index in [2.05, 4.69) is 4.72 Å². The second kappa shape index (κ2) is 9.42. The van der Waals surface area contributed by atoms with Crippen molar-refractivity contribution in [3.8, 4) is 0 Å². The summed E-state index contributed by atoms with van der Waals surface area (Å²) in [5.41, 5.74) is 1.09. The highest BCUT2D eigenvalue weighted by molar-refractivity contribution is 7.92. The summed E-state index contributed by atoms with van der Waals surface area (Å²) in [5, 5.41) is 0.399. The lowest BCUT2D eigenvalue weighted by molar-refractivity contribution is 0.0526. The fourth-order valence-electron chi connectivity index (χ4n) is 2.93. The van der Waals surface area contributed by atoms with Gasteiger partial charge in [-0.25, -0.2) is 22.7 Å². The summed E-state index contributed by atoms with van der Waals surface area (Å²) in [4.78, 5) is 27.6. The lowest BCUT2D eigenvalue weighted by Crippen LogP contribution is -2.52. The van der Waals surface area contributed by atoms with Crippen molar-refractivity contribution < 1.29 is 22.7 Å². The Morgan fingerprint density at radius 1 is 1.13 bits per heavy atom. The van der Waals surface area contributed by atoms with E-state index >= 15 is 0 Å². The van der Waals surface area contributed by atoms with Gasteiger partial charge < -0.3 is 14.5 Å². The first-order valence-corrected chi connectivity index (χ1v) is 12.1. The summed E-state index contributed by atoms with van der Waals surface area (Å²) in [7, 11) is -3.96. The number of urea groups is 1. The first-order chi connectivity index (χ1) is 14.2. The molecule has 0 spiro atoms. The van der Waals surface area contributed by atoms with Gasteiger partial charge in [-0.05, 0) is 37.3 Å². The maximum absolute atomic E-state index is 12.4. The highest BCUT2D eigenvalue weighted by Crippen LogP contribution is 2.28. The molecule has 0 saturated carbocycles. The third-order valence-electron chi connectivity index (χ3n) is 4.40. The molecule has 2 heterocycles. The number of nitrogens with one attached hydrogen (secondary N) is 1. The molecule has 0 atom stereocenters. The number of rotatable bonds is 5. The summed E-state index contributed by atoms with van der Waals surface area (Å²) in [6.45, 7) is 3.53. The van der Waals surface area contributed by atoms with Crippen LogP contribution < -0.4 is 9.62 Å². The number of carbonyl (C=O) groups is 2. The number of hydrogen-bond donors (Lipinski definition) is 1. The molecule has 1 aromatic carbocycles. The standard InChI is InChI=1S/C18H19Cl2N3O5S2/c1-2-28-17(24)12-3-4-14(13(19)11-12)22-7-9-23(10-8-22)18(25)21-30(26,27)16-6-5-15(20)29-16/h3-6,11H,2,7-10H2,1H3,(H,21,25). The third-order valence-corrected chi connectivity index (χ3v) is 7.75. The van der Waals surface area contributed by atoms with Crippen LogP contribution in [0.3, 0.4) is 0 Å². The molecular formula is C18H19Cl2N3O5S2. The number of sulfonamides is 1. The van der Waals surface area contributed by atoms with E-state index in [1.165, 1.54) is 17.0 Å². The summed E-state index contributed by atoms with van der Waals surface area (Å²) in [6.07, 6.45) is 0. The number of benzene rings is 1. The molecule has 1 N–H and O–H groups in total. The van der Waals surface area contributed by atoms with E-state index in [0.717, 1.165) is 17.0 Å². The number of ether oxygens (including phenoxy) is 1. The summed E-state index contributed by atoms with van der Waals surface area (Å²) in [5.74, 6) is -0.444. The fourth-order valence-corrected chi connectivity index (χ4v) is 5.68. The van der Waals surface area contributed by atoms with Gasteiger partial charge in [-0.15, -0.1) is 11.3 Å². The summed E-state index contributed by atoms with van der Waals surface area (Å²) >= 11 is 13.0. The lowest BCUT2D eigenvalue weighted by atomic mass is 10.1. The van der Waals surface area contributed by atoms with Crippen LogP contribution in [0.15, 0.2) is 34.5 Å². The van der Waals surface area contributed by atoms with Gasteiger partial charge in [0, 0.05) is 26.2 Å². The van der Waals surface area contributed by atoms with Crippen molar-refractivity contribution in [1.82, 2.24) is 9.62 Å². The molecule has 1 saturated heterocycles. The van der Waals surface area contributed by atoms with Crippen molar-refractivity contribution in [3.05, 3.63) is 45.3 Å². The fraction of sp³-hybridized carbons (Fsp3) is 0.333. The molecule has 8 nitrogen and oxygen atoms in total. The van der Waals surface area contributed by atoms with E-state index in [1.54, 1.807) is 25.1 Å². The zero-order valence-electron chi connectivity index (χ0n) is 15.9. The van der Waals surface area contributed by atoms with E-state index in [0.29, 0.717) is 41.1 Å². The van der Waals surface area contributed by atoms with Crippen molar-refractivity contribution >= 4 is 62.2 Å². The van der Waals surface area contributed by atoms with E-state index in [9.17, 15) is 18.0 Å². The van der Waals surface area contributed by atoms with Crippen LogP contribution in [-0.2, 0) is 14.8 Å². The van der Waals surface area contributed by atoms with Crippen molar-refractivity contribution in [3.63, 3.8) is 0 Å². The Bertz CT molecular complexity index is 1050. The molecular weight excluding hydrogens is 473 g/mol. The van der Waals surface area contributed by atoms with Crippen LogP contribution in [0, 0.1) is 0 Å². The predicted octanol–water partition coefficient (Wildman–Crippen LogP) is 3.45. The van der Waals surface area contributed by atoms with E-state index < -0.39 is 22.0 Å². The number of anilines is 1. The van der Waals surface area contributed by atoms with Crippen LogP contribution in [-0.4, -0.2) is 58.1 Å². The highest BCUT2D eigenvalue weighted by atomic mass is 35.5. The third kappa shape index (κ3) is 5.18. The second-order valence-corrected chi connectivity index (χ2v) is 10.4. The number of thiophene rings is 1. The molecule has 2 aromatic rings. The van der Waals surface area contributed by atoms with Crippen LogP contribution in [0.25, 0.3) is 0 Å². The van der Waals surface area contributed by atoms with Gasteiger partial charge in [0.05, 0.1) is 27.2 Å². The van der Waals surface area contributed by atoms with Gasteiger partial charge in [0.25, 0.3) is 10.0 Å². The van der Waals surface area contributed by atoms with Gasteiger partial charge >= 0.3 is 12.0 Å². The maximum atomic E-state index is 12.4. The van der Waals surface area contributed by atoms with Crippen LogP contribution in [0.5, 0.6) is 0 Å². The topological polar surface area (TPSA) is 96.0 Å². The Hall–Kier alpha value is -2.01. The van der Waals surface area contributed by atoms with Gasteiger partial charge in [0.15, 0.2) is 0 Å². The average molecular weight is 492 g/mol. The van der Waals surface area contributed by atoms with Crippen LogP contribution in [0.2, 0.25) is 9.36 Å². The van der Waals surface area contributed by atoms with Crippen LogP contribution >= 0.6 is 34.5 Å². The monoisotopic (exact) mass is 491 g/mol. The van der Waals surface area contributed by atoms with Gasteiger partial charge in [0.2, 0.25) is 0 Å². The van der Waals surface area contributed by atoms with Gasteiger partial charge in [-0.3, -0.25) is 0 Å². The Kier molecular flexibility index (Phi) is 7.12. The molecule has 0 unspecified atom stereocenters. The number of halogens is 2. The summed E-state index contributed by atoms with van der Waals surface area (Å²) in [6, 6.07) is 7.03. The SMILES string of the molecule is CCOC(=O)c1ccc(N2CCN(C(=O)NS(=O)(=O)c3ccc(Cl)s3)CC2)c(Cl)c1. The van der Waals surface area contributed by atoms with Gasteiger partial charge in [0.1, 0.15) is 4.21 Å². The lowest BCUT2D eigenvalue weighted by Gasteiger charge is -2.36. The number of amides is 2. The van der Waals surface area contributed by atoms with Crippen LogP contribution in [0.4, 0.5) is 10.5 Å². The molecule has 3 rings (SSSR count). The van der Waals surface area contributed by atoms with Crippen molar-refractivity contribution in [1.29, 1.82) is 0 Å². The normalized spacial score (nSPS) is 14.5. The number of esters is 1. The Morgan fingerprint density at radius 2 is 1.83 bits per heavy atom. The number of carbonyl (C=O) groups excluding carboxylic acids is 2. The molecule has 0 radical (unpaired) electrons. The Morgan fingerprint density at radius 3 is 2.40 bits per heavy atom. The Balaban J connectivity index is 1.60. The van der Waals surface area contributed by atoms with E-state index in [4.69, 9.17) is 27.9 Å². The first kappa shape index (κ1) is 22.7. The number of nitrogens with zero attached hydrogens (tertiary/aromatic N) is 2. The zero-order chi connectivity index (χ0) is 21.9. The highest BCUT2D eigenvalue weighted by Gasteiger charge is 2.27. The summed E-state index contributed by atoms with van der Waals surface area (Å²) < 4.78 is 31.9. The molecule has 30 heavy (non-hydrogen) atoms. The quantitative estimate of drug-likeness (QED) is 0.643. The van der Waals surface area contributed by atoms with Gasteiger partial charge in [-0.2, -0.15) is 0 Å². The Labute approximate surface area is 188 Å². The van der Waals surface area contributed by atoms with E-state index in [-0.39, 0.29) is 10.8 Å². The number of piperazine rings is 1. The smallest absolute Gasteiger partial charge is 0.338 e. The molecule has 1 aliphatic rings. The first-order valence-electron chi connectivity index (χ1n) is 9.00. The molecule has 0 bridgehead atoms. The molecule has 12 heteroatoms. The van der Waals surface area contributed by atoms with Gasteiger partial charge in [-0.1, -0.05) is 23.2 Å². The molecule has 1 aromatic heterocycles. The molecule has 1 aliphatic heterocycles. The minimum atomic E-state index is -3.96. The zero-order valence-corrected chi connectivity index (χ0v) is 19.1. The van der Waals surface area contributed by atoms with Crippen LogP contribution in [0.1, 0.15) is 17.3 Å². The maximum Gasteiger partial charge on any atom is 0.338 e. The molecule has 1 fully saturated rings. The van der Waals surface area contributed by atoms with Crippen molar-refractivity contribution in [2.24, 2.45) is 0 Å². The van der Waals surface area contributed by atoms with E-state index in [1.807, 2.05) is 4.90 Å². The minimum absolute atomic E-state index is 0.0204. The molecule has 0 aliphatic carbocycles. The number of hydrogen-bond acceptors (Lipinski definition) is 7. The molecule has 162 valence electrons. The average Bonchev–Trinajstić information content (AvgIpc) is 3.15. The van der Waals surface area contributed by atoms with Crippen molar-refractivity contribution in [2.45, 2.75) is 11.1 Å². The largest absolute Gasteiger partial charge is 0.462 e. The molecule has 2 amide bonds. The predicted molar refractivity (Wildman–Crippen MR) is 116 cm³/mol. The van der Waals surface area contributed by atoms with Crippen molar-refractivity contribution in [2.75, 3.05) is 37.7 Å².